The van der Waals surface area contributed by atoms with Crippen LogP contribution in [-0.2, 0) is 4.79 Å². The second kappa shape index (κ2) is 6.16. The number of nitrogens with zero attached hydrogens (tertiary/aromatic N) is 1. The van der Waals surface area contributed by atoms with E-state index < -0.39 is 5.97 Å². The fourth-order valence-electron chi connectivity index (χ4n) is 1.53. The number of hydrogen-bond donors (Lipinski definition) is 1. The van der Waals surface area contributed by atoms with Crippen LogP contribution in [0.15, 0.2) is 38.0 Å². The van der Waals surface area contributed by atoms with Gasteiger partial charge < -0.3 is 9.59 Å². The molecule has 0 aliphatic heterocycles. The van der Waals surface area contributed by atoms with Crippen molar-refractivity contribution in [3.8, 4) is 0 Å². The van der Waals surface area contributed by atoms with Crippen molar-refractivity contribution in [1.29, 1.82) is 0 Å². The molecule has 3 nitrogen and oxygen atoms in total. The minimum Gasteiger partial charge on any atom is -0.477 e. The highest BCUT2D eigenvalue weighted by Gasteiger charge is 2.26. The molecule has 0 fully saturated rings. The Bertz CT molecular complexity index is 207. The van der Waals surface area contributed by atoms with Gasteiger partial charge in [-0.3, -0.25) is 0 Å². The summed E-state index contributed by atoms with van der Waals surface area (Å²) in [4.78, 5) is 10.7. The van der Waals surface area contributed by atoms with Crippen molar-refractivity contribution in [1.82, 2.24) is 0 Å². The van der Waals surface area contributed by atoms with Crippen LogP contribution in [0.25, 0.3) is 0 Å². The minimum atomic E-state index is -0.810. The van der Waals surface area contributed by atoms with Crippen LogP contribution < -0.4 is 0 Å². The zero-order valence-electron chi connectivity index (χ0n) is 8.48. The molecule has 0 saturated carbocycles. The summed E-state index contributed by atoms with van der Waals surface area (Å²) in [5.74, 6) is -0.810. The summed E-state index contributed by atoms with van der Waals surface area (Å²) in [6.07, 6.45) is 5.20. The monoisotopic (exact) mass is 196 g/mol. The Hall–Kier alpha value is -1.35. The first-order valence-electron chi connectivity index (χ1n) is 4.50. The number of rotatable bonds is 8. The van der Waals surface area contributed by atoms with Crippen molar-refractivity contribution in [2.75, 3.05) is 26.2 Å². The summed E-state index contributed by atoms with van der Waals surface area (Å²) in [6, 6.07) is 0. The first kappa shape index (κ1) is 12.7. The van der Waals surface area contributed by atoms with Crippen LogP contribution in [-0.4, -0.2) is 41.7 Å². The molecule has 0 atom stereocenters. The predicted molar refractivity (Wildman–Crippen MR) is 58.0 cm³/mol. The molecule has 78 valence electrons. The second-order valence-electron chi connectivity index (χ2n) is 3.31. The number of carbonyl (C=O) groups is 1. The molecule has 0 amide bonds. The van der Waals surface area contributed by atoms with E-state index in [1.165, 1.54) is 0 Å². The molecule has 0 unspecified atom stereocenters. The van der Waals surface area contributed by atoms with E-state index in [2.05, 4.69) is 19.7 Å². The van der Waals surface area contributed by atoms with E-state index in [4.69, 9.17) is 5.11 Å². The predicted octanol–water partition coefficient (Wildman–Crippen LogP) is 1.45. The normalized spacial score (nSPS) is 10.6. The Morgan fingerprint density at radius 3 is 1.64 bits per heavy atom. The summed E-state index contributed by atoms with van der Waals surface area (Å²) in [5.41, 5.74) is 0. The standard InChI is InChI=1S/C11H17NO2/c1-4-7-12(8-5-2,9-6-3)10-11(13)14/h4-6H,1-3,7-10H2/p+1. The molecule has 0 rings (SSSR count). The Balaban J connectivity index is 4.69. The van der Waals surface area contributed by atoms with E-state index in [0.717, 1.165) is 0 Å². The van der Waals surface area contributed by atoms with Crippen molar-refractivity contribution in [2.45, 2.75) is 0 Å². The van der Waals surface area contributed by atoms with Crippen molar-refractivity contribution in [3.63, 3.8) is 0 Å². The largest absolute Gasteiger partial charge is 0.477 e. The molecule has 0 aromatic rings. The maximum Gasteiger partial charge on any atom is 0.359 e. The van der Waals surface area contributed by atoms with Gasteiger partial charge in [-0.2, -0.15) is 0 Å². The van der Waals surface area contributed by atoms with Gasteiger partial charge in [-0.25, -0.2) is 4.79 Å². The molecule has 3 heteroatoms. The minimum absolute atomic E-state index is 0.0735. The lowest BCUT2D eigenvalue weighted by Gasteiger charge is -2.34. The summed E-state index contributed by atoms with van der Waals surface area (Å²) in [6.45, 7) is 12.8. The highest BCUT2D eigenvalue weighted by atomic mass is 16.4. The van der Waals surface area contributed by atoms with E-state index in [1.807, 2.05) is 0 Å². The van der Waals surface area contributed by atoms with Gasteiger partial charge in [0.1, 0.15) is 0 Å². The van der Waals surface area contributed by atoms with Gasteiger partial charge in [0.15, 0.2) is 6.54 Å². The van der Waals surface area contributed by atoms with Gasteiger partial charge >= 0.3 is 5.97 Å². The van der Waals surface area contributed by atoms with E-state index >= 15 is 0 Å². The molecule has 1 N–H and O–H groups in total. The average molecular weight is 196 g/mol. The van der Waals surface area contributed by atoms with Gasteiger partial charge in [-0.05, 0) is 18.2 Å². The smallest absolute Gasteiger partial charge is 0.359 e. The maximum absolute atomic E-state index is 10.7. The highest BCUT2D eigenvalue weighted by Crippen LogP contribution is 2.07. The van der Waals surface area contributed by atoms with Gasteiger partial charge in [0, 0.05) is 0 Å². The Morgan fingerprint density at radius 1 is 1.07 bits per heavy atom. The Kier molecular flexibility index (Phi) is 5.56. The van der Waals surface area contributed by atoms with Crippen LogP contribution in [0.3, 0.4) is 0 Å². The number of hydrogen-bond acceptors (Lipinski definition) is 1. The van der Waals surface area contributed by atoms with Crippen LogP contribution in [0.4, 0.5) is 0 Å². The Labute approximate surface area is 85.2 Å². The zero-order chi connectivity index (χ0) is 11.0. The van der Waals surface area contributed by atoms with Gasteiger partial charge in [-0.1, -0.05) is 19.7 Å². The molecule has 0 heterocycles. The van der Waals surface area contributed by atoms with Crippen molar-refractivity contribution < 1.29 is 14.4 Å². The molecule has 0 aromatic heterocycles. The third-order valence-corrected chi connectivity index (χ3v) is 2.02. The SMILES string of the molecule is C=CC[N+](CC=C)(CC=C)CC(=O)O. The molecule has 0 aliphatic carbocycles. The lowest BCUT2D eigenvalue weighted by atomic mass is 10.3. The quantitative estimate of drug-likeness (QED) is 0.471. The highest BCUT2D eigenvalue weighted by molar-refractivity contribution is 5.68. The molecule has 14 heavy (non-hydrogen) atoms. The molecular formula is C11H18NO2+. The third kappa shape index (κ3) is 4.05. The lowest BCUT2D eigenvalue weighted by Crippen LogP contribution is -2.51. The summed E-state index contributed by atoms with van der Waals surface area (Å²) in [5, 5.41) is 8.81. The number of aliphatic carboxylic acids is 1. The Morgan fingerprint density at radius 2 is 1.43 bits per heavy atom. The van der Waals surface area contributed by atoms with Crippen molar-refractivity contribution >= 4 is 5.97 Å². The summed E-state index contributed by atoms with van der Waals surface area (Å²) < 4.78 is 0.409. The molecule has 0 aliphatic rings. The summed E-state index contributed by atoms with van der Waals surface area (Å²) >= 11 is 0. The van der Waals surface area contributed by atoms with Gasteiger partial charge in [0.2, 0.25) is 0 Å². The first-order chi connectivity index (χ1) is 6.60. The van der Waals surface area contributed by atoms with Crippen LogP contribution in [0.2, 0.25) is 0 Å². The first-order valence-corrected chi connectivity index (χ1v) is 4.50. The van der Waals surface area contributed by atoms with Gasteiger partial charge in [0.05, 0.1) is 19.6 Å². The van der Waals surface area contributed by atoms with Crippen LogP contribution in [0, 0.1) is 0 Å². The van der Waals surface area contributed by atoms with Crippen LogP contribution >= 0.6 is 0 Å². The maximum atomic E-state index is 10.7. The number of quaternary nitrogens is 1. The fourth-order valence-corrected chi connectivity index (χ4v) is 1.53. The van der Waals surface area contributed by atoms with Crippen molar-refractivity contribution in [2.24, 2.45) is 0 Å². The molecular weight excluding hydrogens is 178 g/mol. The van der Waals surface area contributed by atoms with Crippen LogP contribution in [0.1, 0.15) is 0 Å². The molecule has 0 bridgehead atoms. The number of carboxylic acid groups (broad SMARTS) is 1. The van der Waals surface area contributed by atoms with E-state index in [9.17, 15) is 4.79 Å². The van der Waals surface area contributed by atoms with Gasteiger partial charge in [-0.15, -0.1) is 0 Å². The molecule has 0 spiro atoms. The summed E-state index contributed by atoms with van der Waals surface area (Å²) in [7, 11) is 0. The van der Waals surface area contributed by atoms with Gasteiger partial charge in [0.25, 0.3) is 0 Å². The average Bonchev–Trinajstić information content (AvgIpc) is 2.03. The van der Waals surface area contributed by atoms with E-state index in [-0.39, 0.29) is 6.54 Å². The fraction of sp³-hybridized carbons (Fsp3) is 0.364. The van der Waals surface area contributed by atoms with Crippen molar-refractivity contribution in [3.05, 3.63) is 38.0 Å². The molecule has 0 saturated heterocycles. The van der Waals surface area contributed by atoms with E-state index in [0.29, 0.717) is 24.1 Å². The third-order valence-electron chi connectivity index (χ3n) is 2.02. The molecule has 0 radical (unpaired) electrons. The lowest BCUT2D eigenvalue weighted by molar-refractivity contribution is -0.904. The second-order valence-corrected chi connectivity index (χ2v) is 3.31. The van der Waals surface area contributed by atoms with E-state index in [1.54, 1.807) is 18.2 Å². The zero-order valence-corrected chi connectivity index (χ0v) is 8.48. The topological polar surface area (TPSA) is 37.3 Å². The number of carboxylic acids is 1. The molecule has 0 aromatic carbocycles. The van der Waals surface area contributed by atoms with Crippen LogP contribution in [0.5, 0.6) is 0 Å².